The minimum atomic E-state index is -0.908. The average molecular weight is 475 g/mol. The van der Waals surface area contributed by atoms with E-state index in [9.17, 15) is 14.4 Å². The Morgan fingerprint density at radius 1 is 1.12 bits per heavy atom. The molecule has 2 aromatic rings. The zero-order valence-electron chi connectivity index (χ0n) is 20.6. The highest BCUT2D eigenvalue weighted by Crippen LogP contribution is 2.25. The highest BCUT2D eigenvalue weighted by Gasteiger charge is 2.33. The molecule has 0 radical (unpaired) electrons. The molecule has 10 nitrogen and oxygen atoms in total. The van der Waals surface area contributed by atoms with E-state index < -0.39 is 11.6 Å². The Morgan fingerprint density at radius 3 is 2.32 bits per heavy atom. The number of methoxy groups -OCH3 is 2. The third kappa shape index (κ3) is 8.18. The van der Waals surface area contributed by atoms with Gasteiger partial charge in [0.2, 0.25) is 17.7 Å². The summed E-state index contributed by atoms with van der Waals surface area (Å²) >= 11 is 0. The van der Waals surface area contributed by atoms with Crippen LogP contribution in [-0.4, -0.2) is 60.7 Å². The molecule has 186 valence electrons. The molecule has 1 atom stereocenters. The summed E-state index contributed by atoms with van der Waals surface area (Å²) in [6.07, 6.45) is -0.174. The smallest absolute Gasteiger partial charge is 0.247 e. The predicted molar refractivity (Wildman–Crippen MR) is 126 cm³/mol. The Labute approximate surface area is 199 Å². The minimum Gasteiger partial charge on any atom is -0.497 e. The molecule has 0 unspecified atom stereocenters. The Hall–Kier alpha value is -3.40. The van der Waals surface area contributed by atoms with E-state index in [0.29, 0.717) is 17.1 Å². The number of benzene rings is 1. The minimum absolute atomic E-state index is 0.0789. The van der Waals surface area contributed by atoms with Crippen LogP contribution < -0.4 is 15.4 Å². The van der Waals surface area contributed by atoms with Gasteiger partial charge in [0.15, 0.2) is 5.82 Å². The van der Waals surface area contributed by atoms with E-state index in [1.807, 2.05) is 20.8 Å². The molecule has 3 amide bonds. The fourth-order valence-electron chi connectivity index (χ4n) is 3.28. The zero-order valence-corrected chi connectivity index (χ0v) is 20.6. The van der Waals surface area contributed by atoms with Crippen LogP contribution in [0.2, 0.25) is 0 Å². The number of carbonyl (C=O) groups is 3. The molecule has 34 heavy (non-hydrogen) atoms. The van der Waals surface area contributed by atoms with Gasteiger partial charge in [0, 0.05) is 38.1 Å². The van der Waals surface area contributed by atoms with E-state index >= 15 is 0 Å². The van der Waals surface area contributed by atoms with E-state index in [1.54, 1.807) is 44.4 Å². The maximum absolute atomic E-state index is 13.3. The highest BCUT2D eigenvalue weighted by atomic mass is 16.5. The number of nitrogens with one attached hydrogen (secondary N) is 2. The molecule has 0 aliphatic rings. The van der Waals surface area contributed by atoms with Crippen molar-refractivity contribution in [1.82, 2.24) is 15.4 Å². The maximum Gasteiger partial charge on any atom is 0.247 e. The second-order valence-corrected chi connectivity index (χ2v) is 8.87. The molecule has 0 aliphatic carbocycles. The number of carbonyl (C=O) groups excluding carboxylic acids is 3. The first-order valence-electron chi connectivity index (χ1n) is 11.0. The van der Waals surface area contributed by atoms with Crippen molar-refractivity contribution in [3.63, 3.8) is 0 Å². The molecular formula is C24H34N4O6. The standard InChI is InChI=1S/C24H34N4O6/c1-16-15-19(27-34-16)25-20(29)11-12-21(30)28(13-14-32-5)22(23(31)26-24(2,3)4)17-7-9-18(33-6)10-8-17/h7-10,15,22H,11-14H2,1-6H3,(H,26,31)(H,25,27,29)/t22-/m0/s1. The van der Waals surface area contributed by atoms with Gasteiger partial charge in [0.1, 0.15) is 17.6 Å². The Balaban J connectivity index is 2.24. The normalized spacial score (nSPS) is 12.1. The lowest BCUT2D eigenvalue weighted by atomic mass is 10.0. The highest BCUT2D eigenvalue weighted by molar-refractivity contribution is 5.94. The van der Waals surface area contributed by atoms with Crippen molar-refractivity contribution < 1.29 is 28.4 Å². The van der Waals surface area contributed by atoms with Crippen LogP contribution in [0.5, 0.6) is 5.75 Å². The van der Waals surface area contributed by atoms with Gasteiger partial charge >= 0.3 is 0 Å². The molecule has 0 fully saturated rings. The van der Waals surface area contributed by atoms with Crippen LogP contribution in [0.3, 0.4) is 0 Å². The second-order valence-electron chi connectivity index (χ2n) is 8.87. The van der Waals surface area contributed by atoms with Gasteiger partial charge in [0.25, 0.3) is 0 Å². The molecule has 1 aromatic heterocycles. The Morgan fingerprint density at radius 2 is 1.79 bits per heavy atom. The Bertz CT molecular complexity index is 965. The van der Waals surface area contributed by atoms with Crippen LogP contribution in [-0.2, 0) is 19.1 Å². The van der Waals surface area contributed by atoms with Gasteiger partial charge in [-0.15, -0.1) is 0 Å². The maximum atomic E-state index is 13.3. The van der Waals surface area contributed by atoms with Crippen molar-refractivity contribution in [2.75, 3.05) is 32.7 Å². The monoisotopic (exact) mass is 474 g/mol. The molecule has 2 N–H and O–H groups in total. The first kappa shape index (κ1) is 26.8. The van der Waals surface area contributed by atoms with Crippen LogP contribution >= 0.6 is 0 Å². The quantitative estimate of drug-likeness (QED) is 0.513. The SMILES string of the molecule is COCCN(C(=O)CCC(=O)Nc1cc(C)on1)[C@H](C(=O)NC(C)(C)C)c1ccc(OC)cc1. The number of hydrogen-bond donors (Lipinski definition) is 2. The summed E-state index contributed by atoms with van der Waals surface area (Å²) in [5, 5.41) is 9.27. The number of nitrogens with zero attached hydrogens (tertiary/aromatic N) is 2. The third-order valence-corrected chi connectivity index (χ3v) is 4.81. The second kappa shape index (κ2) is 12.2. The van der Waals surface area contributed by atoms with Crippen LogP contribution in [0, 0.1) is 6.92 Å². The van der Waals surface area contributed by atoms with Crippen molar-refractivity contribution in [2.24, 2.45) is 0 Å². The molecule has 1 aromatic carbocycles. The molecule has 0 spiro atoms. The number of aromatic nitrogens is 1. The number of ether oxygens (including phenoxy) is 2. The van der Waals surface area contributed by atoms with Crippen molar-refractivity contribution >= 4 is 23.5 Å². The van der Waals surface area contributed by atoms with E-state index in [4.69, 9.17) is 14.0 Å². The first-order chi connectivity index (χ1) is 16.0. The average Bonchev–Trinajstić information content (AvgIpc) is 3.18. The van der Waals surface area contributed by atoms with E-state index in [1.165, 1.54) is 12.0 Å². The molecule has 10 heteroatoms. The largest absolute Gasteiger partial charge is 0.497 e. The summed E-state index contributed by atoms with van der Waals surface area (Å²) in [7, 11) is 3.08. The molecule has 0 saturated carbocycles. The van der Waals surface area contributed by atoms with Crippen molar-refractivity contribution in [2.45, 2.75) is 52.1 Å². The van der Waals surface area contributed by atoms with Gasteiger partial charge in [-0.05, 0) is 45.4 Å². The number of hydrogen-bond acceptors (Lipinski definition) is 7. The van der Waals surface area contributed by atoms with E-state index in [-0.39, 0.29) is 49.5 Å². The summed E-state index contributed by atoms with van der Waals surface area (Å²) < 4.78 is 15.3. The summed E-state index contributed by atoms with van der Waals surface area (Å²) in [6.45, 7) is 7.72. The fraction of sp³-hybridized carbons (Fsp3) is 0.500. The summed E-state index contributed by atoms with van der Waals surface area (Å²) in [5.41, 5.74) is 0.113. The molecule has 1 heterocycles. The van der Waals surface area contributed by atoms with Crippen molar-refractivity contribution in [3.8, 4) is 5.75 Å². The van der Waals surface area contributed by atoms with Crippen molar-refractivity contribution in [1.29, 1.82) is 0 Å². The van der Waals surface area contributed by atoms with Crippen LogP contribution in [0.15, 0.2) is 34.9 Å². The van der Waals surface area contributed by atoms with Crippen LogP contribution in [0.25, 0.3) is 0 Å². The number of aryl methyl sites for hydroxylation is 1. The van der Waals surface area contributed by atoms with Gasteiger partial charge in [-0.1, -0.05) is 17.3 Å². The van der Waals surface area contributed by atoms with Gasteiger partial charge < -0.3 is 29.5 Å². The molecule has 2 rings (SSSR count). The summed E-state index contributed by atoms with van der Waals surface area (Å²) in [5.74, 6) is 0.413. The molecule has 0 aliphatic heterocycles. The summed E-state index contributed by atoms with van der Waals surface area (Å²) in [6, 6.07) is 7.64. The lowest BCUT2D eigenvalue weighted by Gasteiger charge is -2.33. The van der Waals surface area contributed by atoms with Crippen LogP contribution in [0.1, 0.15) is 51.0 Å². The molecule has 0 bridgehead atoms. The lowest BCUT2D eigenvalue weighted by molar-refractivity contribution is -0.142. The van der Waals surface area contributed by atoms with Crippen molar-refractivity contribution in [3.05, 3.63) is 41.7 Å². The number of amides is 3. The van der Waals surface area contributed by atoms with Gasteiger partial charge in [-0.2, -0.15) is 0 Å². The van der Waals surface area contributed by atoms with E-state index in [0.717, 1.165) is 0 Å². The fourth-order valence-corrected chi connectivity index (χ4v) is 3.28. The van der Waals surface area contributed by atoms with E-state index in [2.05, 4.69) is 15.8 Å². The molecular weight excluding hydrogens is 440 g/mol. The summed E-state index contributed by atoms with van der Waals surface area (Å²) in [4.78, 5) is 40.4. The van der Waals surface area contributed by atoms with Gasteiger partial charge in [-0.25, -0.2) is 0 Å². The third-order valence-electron chi connectivity index (χ3n) is 4.81. The Kier molecular flexibility index (Phi) is 9.61. The topological polar surface area (TPSA) is 123 Å². The number of anilines is 1. The number of rotatable bonds is 11. The molecule has 0 saturated heterocycles. The predicted octanol–water partition coefficient (Wildman–Crippen LogP) is 2.84. The first-order valence-corrected chi connectivity index (χ1v) is 11.0. The van der Waals surface area contributed by atoms with Gasteiger partial charge in [-0.3, -0.25) is 14.4 Å². The van der Waals surface area contributed by atoms with Gasteiger partial charge in [0.05, 0.1) is 13.7 Å². The zero-order chi connectivity index (χ0) is 25.3. The lowest BCUT2D eigenvalue weighted by Crippen LogP contribution is -2.50. The van der Waals surface area contributed by atoms with Crippen LogP contribution in [0.4, 0.5) is 5.82 Å².